The normalized spacial score (nSPS) is 10.2. The molecule has 0 aliphatic carbocycles. The van der Waals surface area contributed by atoms with Crippen LogP contribution in [0.3, 0.4) is 0 Å². The number of ether oxygens (including phenoxy) is 1. The molecule has 3 heteroatoms. The summed E-state index contributed by atoms with van der Waals surface area (Å²) in [6.45, 7) is 2.17. The number of carbonyl (C=O) groups is 1. The van der Waals surface area contributed by atoms with Crippen molar-refractivity contribution in [3.05, 3.63) is 65.2 Å². The van der Waals surface area contributed by atoms with Gasteiger partial charge in [-0.2, -0.15) is 0 Å². The fraction of sp³-hybridized carbons (Fsp3) is 0.188. The number of hydrogen-bond donors (Lipinski definition) is 1. The SMILES string of the molecule is CCOC(=O)c1ccc(Cc2ccc(O)cc2)cc1. The molecule has 0 spiro atoms. The van der Waals surface area contributed by atoms with Crippen LogP contribution in [0.15, 0.2) is 48.5 Å². The van der Waals surface area contributed by atoms with Gasteiger partial charge in [0.25, 0.3) is 0 Å². The van der Waals surface area contributed by atoms with Gasteiger partial charge in [0.05, 0.1) is 12.2 Å². The number of phenolic OH excluding ortho intramolecular Hbond substituents is 1. The van der Waals surface area contributed by atoms with Crippen molar-refractivity contribution in [2.45, 2.75) is 13.3 Å². The summed E-state index contributed by atoms with van der Waals surface area (Å²) in [5.74, 6) is -0.0277. The van der Waals surface area contributed by atoms with Crippen molar-refractivity contribution in [2.24, 2.45) is 0 Å². The molecule has 0 saturated carbocycles. The Kier molecular flexibility index (Phi) is 4.18. The van der Waals surface area contributed by atoms with E-state index in [-0.39, 0.29) is 11.7 Å². The average Bonchev–Trinajstić information content (AvgIpc) is 2.42. The topological polar surface area (TPSA) is 46.5 Å². The van der Waals surface area contributed by atoms with E-state index in [2.05, 4.69) is 0 Å². The molecule has 2 rings (SSSR count). The molecule has 3 nitrogen and oxygen atoms in total. The van der Waals surface area contributed by atoms with Gasteiger partial charge in [-0.05, 0) is 48.7 Å². The summed E-state index contributed by atoms with van der Waals surface area (Å²) in [5.41, 5.74) is 2.79. The summed E-state index contributed by atoms with van der Waals surface area (Å²) >= 11 is 0. The highest BCUT2D eigenvalue weighted by Crippen LogP contribution is 2.14. The van der Waals surface area contributed by atoms with Crippen LogP contribution in [0.2, 0.25) is 0 Å². The molecule has 0 aliphatic rings. The minimum absolute atomic E-state index is 0.265. The number of aromatic hydroxyl groups is 1. The van der Waals surface area contributed by atoms with Crippen LogP contribution in [0.4, 0.5) is 0 Å². The van der Waals surface area contributed by atoms with Crippen molar-refractivity contribution < 1.29 is 14.6 Å². The second kappa shape index (κ2) is 6.05. The van der Waals surface area contributed by atoms with E-state index in [9.17, 15) is 9.90 Å². The zero-order chi connectivity index (χ0) is 13.7. The first-order valence-electron chi connectivity index (χ1n) is 6.23. The van der Waals surface area contributed by atoms with E-state index >= 15 is 0 Å². The van der Waals surface area contributed by atoms with Crippen LogP contribution in [0.1, 0.15) is 28.4 Å². The molecular formula is C16H16O3. The summed E-state index contributed by atoms with van der Waals surface area (Å²) in [4.78, 5) is 11.5. The summed E-state index contributed by atoms with van der Waals surface area (Å²) < 4.78 is 4.93. The van der Waals surface area contributed by atoms with Crippen LogP contribution in [-0.4, -0.2) is 17.7 Å². The molecule has 2 aromatic carbocycles. The number of hydrogen-bond acceptors (Lipinski definition) is 3. The highest BCUT2D eigenvalue weighted by atomic mass is 16.5. The van der Waals surface area contributed by atoms with Gasteiger partial charge in [0, 0.05) is 0 Å². The van der Waals surface area contributed by atoms with Crippen molar-refractivity contribution in [2.75, 3.05) is 6.61 Å². The van der Waals surface area contributed by atoms with Gasteiger partial charge in [0.1, 0.15) is 5.75 Å². The molecule has 0 bridgehead atoms. The average molecular weight is 256 g/mol. The lowest BCUT2D eigenvalue weighted by molar-refractivity contribution is 0.0526. The van der Waals surface area contributed by atoms with E-state index < -0.39 is 0 Å². The third-order valence-electron chi connectivity index (χ3n) is 2.81. The maximum Gasteiger partial charge on any atom is 0.338 e. The Morgan fingerprint density at radius 2 is 1.53 bits per heavy atom. The molecule has 0 radical (unpaired) electrons. The predicted octanol–water partition coefficient (Wildman–Crippen LogP) is 3.16. The highest BCUT2D eigenvalue weighted by molar-refractivity contribution is 5.89. The van der Waals surface area contributed by atoms with Gasteiger partial charge in [-0.3, -0.25) is 0 Å². The summed E-state index contributed by atoms with van der Waals surface area (Å²) in [6, 6.07) is 14.5. The van der Waals surface area contributed by atoms with Gasteiger partial charge < -0.3 is 9.84 Å². The van der Waals surface area contributed by atoms with Crippen molar-refractivity contribution in [1.82, 2.24) is 0 Å². The summed E-state index contributed by atoms with van der Waals surface area (Å²) in [6.07, 6.45) is 0.767. The molecule has 2 aromatic rings. The van der Waals surface area contributed by atoms with Crippen LogP contribution in [-0.2, 0) is 11.2 Å². The van der Waals surface area contributed by atoms with Gasteiger partial charge in [0.15, 0.2) is 0 Å². The Labute approximate surface area is 112 Å². The zero-order valence-electron chi connectivity index (χ0n) is 10.8. The highest BCUT2D eigenvalue weighted by Gasteiger charge is 2.05. The Hall–Kier alpha value is -2.29. The fourth-order valence-electron chi connectivity index (χ4n) is 1.82. The van der Waals surface area contributed by atoms with E-state index in [0.717, 1.165) is 17.5 Å². The van der Waals surface area contributed by atoms with Crippen molar-refractivity contribution in [3.63, 3.8) is 0 Å². The quantitative estimate of drug-likeness (QED) is 0.855. The van der Waals surface area contributed by atoms with E-state index in [1.807, 2.05) is 24.3 Å². The smallest absolute Gasteiger partial charge is 0.338 e. The number of benzene rings is 2. The zero-order valence-corrected chi connectivity index (χ0v) is 10.8. The lowest BCUT2D eigenvalue weighted by Gasteiger charge is -2.05. The van der Waals surface area contributed by atoms with Gasteiger partial charge >= 0.3 is 5.97 Å². The molecule has 0 amide bonds. The summed E-state index contributed by atoms with van der Waals surface area (Å²) in [7, 11) is 0. The molecule has 0 unspecified atom stereocenters. The van der Waals surface area contributed by atoms with Crippen LogP contribution in [0, 0.1) is 0 Å². The maximum atomic E-state index is 11.5. The van der Waals surface area contributed by atoms with E-state index in [1.165, 1.54) is 0 Å². The van der Waals surface area contributed by atoms with Crippen LogP contribution in [0.25, 0.3) is 0 Å². The third kappa shape index (κ3) is 3.58. The first-order chi connectivity index (χ1) is 9.19. The Morgan fingerprint density at radius 3 is 2.05 bits per heavy atom. The number of rotatable bonds is 4. The molecule has 1 N–H and O–H groups in total. The monoisotopic (exact) mass is 256 g/mol. The number of carbonyl (C=O) groups excluding carboxylic acids is 1. The second-order valence-electron chi connectivity index (χ2n) is 4.26. The number of esters is 1. The number of phenols is 1. The molecule has 0 saturated heterocycles. The fourth-order valence-corrected chi connectivity index (χ4v) is 1.82. The van der Waals surface area contributed by atoms with Crippen LogP contribution in [0.5, 0.6) is 5.75 Å². The molecule has 0 aromatic heterocycles. The lowest BCUT2D eigenvalue weighted by atomic mass is 10.0. The van der Waals surface area contributed by atoms with Gasteiger partial charge in [-0.25, -0.2) is 4.79 Å². The first kappa shape index (κ1) is 13.1. The molecule has 19 heavy (non-hydrogen) atoms. The molecule has 0 aliphatic heterocycles. The second-order valence-corrected chi connectivity index (χ2v) is 4.26. The van der Waals surface area contributed by atoms with Gasteiger partial charge in [-0.15, -0.1) is 0 Å². The van der Waals surface area contributed by atoms with Gasteiger partial charge in [0.2, 0.25) is 0 Å². The maximum absolute atomic E-state index is 11.5. The van der Waals surface area contributed by atoms with Crippen LogP contribution >= 0.6 is 0 Å². The molecule has 0 atom stereocenters. The predicted molar refractivity (Wildman–Crippen MR) is 73.3 cm³/mol. The first-order valence-corrected chi connectivity index (χ1v) is 6.23. The molecule has 0 heterocycles. The van der Waals surface area contributed by atoms with E-state index in [1.54, 1.807) is 31.2 Å². The Balaban J connectivity index is 2.06. The molecule has 98 valence electrons. The molecular weight excluding hydrogens is 240 g/mol. The van der Waals surface area contributed by atoms with Crippen molar-refractivity contribution >= 4 is 5.97 Å². The van der Waals surface area contributed by atoms with Crippen LogP contribution < -0.4 is 0 Å². The Bertz CT molecular complexity index is 541. The van der Waals surface area contributed by atoms with E-state index in [4.69, 9.17) is 4.74 Å². The largest absolute Gasteiger partial charge is 0.508 e. The standard InChI is InChI=1S/C16H16O3/c1-2-19-16(18)14-7-3-12(4-8-14)11-13-5-9-15(17)10-6-13/h3-10,17H,2,11H2,1H3. The summed E-state index contributed by atoms with van der Waals surface area (Å²) in [5, 5.41) is 9.22. The lowest BCUT2D eigenvalue weighted by Crippen LogP contribution is -2.04. The molecule has 0 fully saturated rings. The van der Waals surface area contributed by atoms with E-state index in [0.29, 0.717) is 12.2 Å². The van der Waals surface area contributed by atoms with Gasteiger partial charge in [-0.1, -0.05) is 24.3 Å². The van der Waals surface area contributed by atoms with Crippen molar-refractivity contribution in [3.8, 4) is 5.75 Å². The third-order valence-corrected chi connectivity index (χ3v) is 2.81. The minimum atomic E-state index is -0.293. The minimum Gasteiger partial charge on any atom is -0.508 e. The van der Waals surface area contributed by atoms with Crippen molar-refractivity contribution in [1.29, 1.82) is 0 Å². The Morgan fingerprint density at radius 1 is 1.00 bits per heavy atom.